The van der Waals surface area contributed by atoms with Crippen LogP contribution in [-0.4, -0.2) is 27.6 Å². The lowest BCUT2D eigenvalue weighted by atomic mass is 10.2. The van der Waals surface area contributed by atoms with Gasteiger partial charge in [-0.1, -0.05) is 11.6 Å². The highest BCUT2D eigenvalue weighted by Crippen LogP contribution is 2.27. The summed E-state index contributed by atoms with van der Waals surface area (Å²) < 4.78 is 12.1. The highest BCUT2D eigenvalue weighted by atomic mass is 35.5. The number of rotatable bonds is 4. The maximum atomic E-state index is 12.6. The van der Waals surface area contributed by atoms with Gasteiger partial charge in [0.15, 0.2) is 11.4 Å². The van der Waals surface area contributed by atoms with E-state index < -0.39 is 0 Å². The SMILES string of the molecule is COc1ccc(NC(=O)c2cc(C)n3nc(-c4ccco4)cc3n2)cc1Cl. The summed E-state index contributed by atoms with van der Waals surface area (Å²) in [6, 6.07) is 12.1. The predicted molar refractivity (Wildman–Crippen MR) is 101 cm³/mol. The van der Waals surface area contributed by atoms with Crippen LogP contribution in [0.3, 0.4) is 0 Å². The maximum Gasteiger partial charge on any atom is 0.274 e. The molecule has 0 saturated carbocycles. The second-order valence-corrected chi connectivity index (χ2v) is 6.27. The first-order valence-corrected chi connectivity index (χ1v) is 8.49. The molecule has 4 aromatic rings. The third-order valence-corrected chi connectivity index (χ3v) is 4.32. The van der Waals surface area contributed by atoms with Crippen LogP contribution in [0.4, 0.5) is 5.69 Å². The Morgan fingerprint density at radius 1 is 1.26 bits per heavy atom. The summed E-state index contributed by atoms with van der Waals surface area (Å²) in [5, 5.41) is 7.67. The quantitative estimate of drug-likeness (QED) is 0.571. The van der Waals surface area contributed by atoms with Gasteiger partial charge in [0.05, 0.1) is 18.4 Å². The van der Waals surface area contributed by atoms with E-state index in [0.717, 1.165) is 5.69 Å². The Balaban J connectivity index is 1.65. The molecular formula is C19H15ClN4O3. The number of hydrogen-bond donors (Lipinski definition) is 1. The highest BCUT2D eigenvalue weighted by molar-refractivity contribution is 6.32. The van der Waals surface area contributed by atoms with Crippen molar-refractivity contribution in [1.82, 2.24) is 14.6 Å². The molecule has 0 aliphatic heterocycles. The number of ether oxygens (including phenoxy) is 1. The van der Waals surface area contributed by atoms with E-state index in [2.05, 4.69) is 15.4 Å². The molecule has 1 aromatic carbocycles. The third-order valence-electron chi connectivity index (χ3n) is 4.02. The van der Waals surface area contributed by atoms with Crippen LogP contribution in [0.5, 0.6) is 5.75 Å². The van der Waals surface area contributed by atoms with Gasteiger partial charge in [0, 0.05) is 17.4 Å². The minimum Gasteiger partial charge on any atom is -0.495 e. The highest BCUT2D eigenvalue weighted by Gasteiger charge is 2.15. The monoisotopic (exact) mass is 382 g/mol. The second-order valence-electron chi connectivity index (χ2n) is 5.86. The molecule has 3 aromatic heterocycles. The molecule has 27 heavy (non-hydrogen) atoms. The third kappa shape index (κ3) is 3.24. The van der Waals surface area contributed by atoms with E-state index in [1.54, 1.807) is 47.2 Å². The molecule has 8 heteroatoms. The number of carbonyl (C=O) groups is 1. The van der Waals surface area contributed by atoms with E-state index in [4.69, 9.17) is 20.8 Å². The number of fused-ring (bicyclic) bond motifs is 1. The Hall–Kier alpha value is -3.32. The lowest BCUT2D eigenvalue weighted by molar-refractivity contribution is 0.102. The van der Waals surface area contributed by atoms with Crippen LogP contribution in [0.25, 0.3) is 17.1 Å². The first kappa shape index (κ1) is 17.1. The van der Waals surface area contributed by atoms with Crippen LogP contribution in [0, 0.1) is 6.92 Å². The predicted octanol–water partition coefficient (Wildman–Crippen LogP) is 4.21. The Kier molecular flexibility index (Phi) is 4.29. The van der Waals surface area contributed by atoms with Crippen molar-refractivity contribution in [2.45, 2.75) is 6.92 Å². The van der Waals surface area contributed by atoms with Gasteiger partial charge < -0.3 is 14.5 Å². The number of nitrogens with zero attached hydrogens (tertiary/aromatic N) is 3. The summed E-state index contributed by atoms with van der Waals surface area (Å²) in [4.78, 5) is 17.0. The number of furan rings is 1. The van der Waals surface area contributed by atoms with Crippen LogP contribution in [-0.2, 0) is 0 Å². The summed E-state index contributed by atoms with van der Waals surface area (Å²) in [5.41, 5.74) is 2.80. The number of hydrogen-bond acceptors (Lipinski definition) is 5. The average Bonchev–Trinajstić information content (AvgIpc) is 3.31. The molecule has 0 bridgehead atoms. The molecule has 0 aliphatic rings. The number of aromatic nitrogens is 3. The Bertz CT molecular complexity index is 1140. The van der Waals surface area contributed by atoms with Crippen molar-refractivity contribution in [1.29, 1.82) is 0 Å². The number of halogens is 1. The number of aryl methyl sites for hydroxylation is 1. The molecular weight excluding hydrogens is 368 g/mol. The number of anilines is 1. The van der Waals surface area contributed by atoms with Crippen molar-refractivity contribution in [3.63, 3.8) is 0 Å². The second kappa shape index (κ2) is 6.77. The van der Waals surface area contributed by atoms with E-state index >= 15 is 0 Å². The number of nitrogens with one attached hydrogen (secondary N) is 1. The van der Waals surface area contributed by atoms with Crippen molar-refractivity contribution < 1.29 is 13.9 Å². The number of amides is 1. The van der Waals surface area contributed by atoms with E-state index in [1.807, 2.05) is 13.0 Å². The summed E-state index contributed by atoms with van der Waals surface area (Å²) in [6.45, 7) is 1.86. The van der Waals surface area contributed by atoms with Gasteiger partial charge in [-0.25, -0.2) is 9.50 Å². The van der Waals surface area contributed by atoms with Crippen molar-refractivity contribution in [2.24, 2.45) is 0 Å². The van der Waals surface area contributed by atoms with Crippen LogP contribution in [0.2, 0.25) is 5.02 Å². The molecule has 0 atom stereocenters. The molecule has 0 saturated heterocycles. The first-order chi connectivity index (χ1) is 13.0. The van der Waals surface area contributed by atoms with Crippen molar-refractivity contribution in [3.8, 4) is 17.2 Å². The van der Waals surface area contributed by atoms with Gasteiger partial charge in [0.1, 0.15) is 17.1 Å². The van der Waals surface area contributed by atoms with Gasteiger partial charge in [-0.15, -0.1) is 0 Å². The van der Waals surface area contributed by atoms with Crippen molar-refractivity contribution in [3.05, 3.63) is 65.1 Å². The van der Waals surface area contributed by atoms with Crippen LogP contribution < -0.4 is 10.1 Å². The van der Waals surface area contributed by atoms with Crippen LogP contribution in [0.15, 0.2) is 53.1 Å². The molecule has 0 fully saturated rings. The van der Waals surface area contributed by atoms with Gasteiger partial charge in [-0.3, -0.25) is 4.79 Å². The molecule has 4 rings (SSSR count). The Labute approximate surface area is 159 Å². The first-order valence-electron chi connectivity index (χ1n) is 8.11. The van der Waals surface area contributed by atoms with Crippen LogP contribution >= 0.6 is 11.6 Å². The summed E-state index contributed by atoms with van der Waals surface area (Å²) in [5.74, 6) is 0.830. The van der Waals surface area contributed by atoms with Gasteiger partial charge >= 0.3 is 0 Å². The number of benzene rings is 1. The molecule has 1 amide bonds. The standard InChI is InChI=1S/C19H15ClN4O3/c1-11-8-15(19(25)21-12-5-6-16(26-2)13(20)9-12)22-18-10-14(23-24(11)18)17-4-3-7-27-17/h3-10H,1-2H3,(H,21,25). The summed E-state index contributed by atoms with van der Waals surface area (Å²) >= 11 is 6.10. The molecule has 7 nitrogen and oxygen atoms in total. The topological polar surface area (TPSA) is 81.7 Å². The lowest BCUT2D eigenvalue weighted by Crippen LogP contribution is -2.15. The average molecular weight is 383 g/mol. The minimum atomic E-state index is -0.345. The van der Waals surface area contributed by atoms with Crippen molar-refractivity contribution >= 4 is 28.8 Å². The largest absolute Gasteiger partial charge is 0.495 e. The van der Waals surface area contributed by atoms with E-state index in [-0.39, 0.29) is 11.6 Å². The van der Waals surface area contributed by atoms with Crippen LogP contribution in [0.1, 0.15) is 16.2 Å². The number of methoxy groups -OCH3 is 1. The maximum absolute atomic E-state index is 12.6. The Morgan fingerprint density at radius 2 is 2.11 bits per heavy atom. The van der Waals surface area contributed by atoms with Gasteiger partial charge in [-0.05, 0) is 43.3 Å². The zero-order valence-electron chi connectivity index (χ0n) is 14.6. The summed E-state index contributed by atoms with van der Waals surface area (Å²) in [6.07, 6.45) is 1.58. The molecule has 1 N–H and O–H groups in total. The normalized spacial score (nSPS) is 10.9. The molecule has 3 heterocycles. The number of carbonyl (C=O) groups excluding carboxylic acids is 1. The van der Waals surface area contributed by atoms with Crippen molar-refractivity contribution in [2.75, 3.05) is 12.4 Å². The summed E-state index contributed by atoms with van der Waals surface area (Å²) in [7, 11) is 1.53. The van der Waals surface area contributed by atoms with E-state index in [0.29, 0.717) is 33.6 Å². The fourth-order valence-electron chi connectivity index (χ4n) is 2.73. The van der Waals surface area contributed by atoms with Gasteiger partial charge in [-0.2, -0.15) is 5.10 Å². The molecule has 0 unspecified atom stereocenters. The molecule has 136 valence electrons. The minimum absolute atomic E-state index is 0.276. The van der Waals surface area contributed by atoms with Gasteiger partial charge in [0.2, 0.25) is 0 Å². The fourth-order valence-corrected chi connectivity index (χ4v) is 2.98. The zero-order chi connectivity index (χ0) is 19.0. The smallest absolute Gasteiger partial charge is 0.274 e. The zero-order valence-corrected chi connectivity index (χ0v) is 15.3. The molecule has 0 spiro atoms. The van der Waals surface area contributed by atoms with E-state index in [9.17, 15) is 4.79 Å². The fraction of sp³-hybridized carbons (Fsp3) is 0.105. The van der Waals surface area contributed by atoms with E-state index in [1.165, 1.54) is 7.11 Å². The molecule has 0 aliphatic carbocycles. The molecule has 0 radical (unpaired) electrons. The Morgan fingerprint density at radius 3 is 2.81 bits per heavy atom. The van der Waals surface area contributed by atoms with Gasteiger partial charge in [0.25, 0.3) is 5.91 Å². The lowest BCUT2D eigenvalue weighted by Gasteiger charge is -2.08.